The predicted octanol–water partition coefficient (Wildman–Crippen LogP) is 5.46. The van der Waals surface area contributed by atoms with Crippen LogP contribution in [0.2, 0.25) is 0 Å². The number of benzene rings is 2. The summed E-state index contributed by atoms with van der Waals surface area (Å²) < 4.78 is 5.10. The Bertz CT molecular complexity index is 1090. The van der Waals surface area contributed by atoms with Gasteiger partial charge in [0.1, 0.15) is 10.6 Å². The minimum atomic E-state index is -0.363. The van der Waals surface area contributed by atoms with Crippen LogP contribution in [0.15, 0.2) is 60.7 Å². The Balaban J connectivity index is 1.39. The largest absolute Gasteiger partial charge is 0.465 e. The summed E-state index contributed by atoms with van der Waals surface area (Å²) in [7, 11) is 1.41. The van der Waals surface area contributed by atoms with E-state index in [0.29, 0.717) is 16.7 Å². The third kappa shape index (κ3) is 5.79. The number of nitrogens with one attached hydrogen (secondary N) is 2. The van der Waals surface area contributed by atoms with Crippen molar-refractivity contribution in [2.75, 3.05) is 25.5 Å². The molecule has 0 unspecified atom stereocenters. The fourth-order valence-electron chi connectivity index (χ4n) is 4.28. The minimum absolute atomic E-state index is 0.313. The Morgan fingerprint density at radius 3 is 2.36 bits per heavy atom. The monoisotopic (exact) mass is 479 g/mol. The highest BCUT2D eigenvalue weighted by Gasteiger charge is 2.25. The zero-order valence-corrected chi connectivity index (χ0v) is 20.6. The quantitative estimate of drug-likeness (QED) is 0.362. The van der Waals surface area contributed by atoms with Crippen LogP contribution in [0.1, 0.15) is 33.6 Å². The molecule has 0 atom stereocenters. The molecule has 5 nitrogen and oxygen atoms in total. The van der Waals surface area contributed by atoms with Crippen LogP contribution in [0.5, 0.6) is 0 Å². The van der Waals surface area contributed by atoms with E-state index in [9.17, 15) is 4.79 Å². The summed E-state index contributed by atoms with van der Waals surface area (Å²) >= 11 is 7.15. The molecular formula is C26H29N3O2S2. The lowest BCUT2D eigenvalue weighted by atomic mass is 10.0. The second-order valence-corrected chi connectivity index (χ2v) is 9.86. The highest BCUT2D eigenvalue weighted by Crippen LogP contribution is 2.40. The van der Waals surface area contributed by atoms with E-state index in [0.717, 1.165) is 53.5 Å². The van der Waals surface area contributed by atoms with E-state index in [1.807, 2.05) is 37.3 Å². The molecule has 33 heavy (non-hydrogen) atoms. The molecule has 172 valence electrons. The van der Waals surface area contributed by atoms with Crippen molar-refractivity contribution in [1.29, 1.82) is 0 Å². The summed E-state index contributed by atoms with van der Waals surface area (Å²) in [6.07, 6.45) is 2.05. The van der Waals surface area contributed by atoms with E-state index in [-0.39, 0.29) is 5.97 Å². The summed E-state index contributed by atoms with van der Waals surface area (Å²) in [5.74, 6) is -0.363. The molecule has 7 heteroatoms. The van der Waals surface area contributed by atoms with Gasteiger partial charge in [-0.1, -0.05) is 60.7 Å². The van der Waals surface area contributed by atoms with Gasteiger partial charge in [0.05, 0.1) is 7.11 Å². The van der Waals surface area contributed by atoms with Gasteiger partial charge in [0, 0.05) is 36.1 Å². The smallest absolute Gasteiger partial charge is 0.341 e. The topological polar surface area (TPSA) is 53.6 Å². The van der Waals surface area contributed by atoms with Crippen molar-refractivity contribution in [3.8, 4) is 11.1 Å². The molecular weight excluding hydrogens is 450 g/mol. The van der Waals surface area contributed by atoms with Gasteiger partial charge in [-0.15, -0.1) is 11.3 Å². The van der Waals surface area contributed by atoms with Gasteiger partial charge in [-0.05, 0) is 43.1 Å². The Labute approximate surface area is 204 Å². The SMILES string of the molecule is COC(=O)c1c(NC(=S)NC2CCN(Cc3ccccc3)CC2)sc(C)c1-c1ccccc1. The molecule has 1 saturated heterocycles. The molecule has 1 aromatic heterocycles. The molecule has 0 spiro atoms. The third-order valence-electron chi connectivity index (χ3n) is 5.94. The molecule has 0 aliphatic carbocycles. The van der Waals surface area contributed by atoms with Gasteiger partial charge in [0.25, 0.3) is 0 Å². The number of carbonyl (C=O) groups is 1. The third-order valence-corrected chi connectivity index (χ3v) is 7.18. The van der Waals surface area contributed by atoms with Gasteiger partial charge in [0.15, 0.2) is 5.11 Å². The molecule has 4 rings (SSSR count). The van der Waals surface area contributed by atoms with Gasteiger partial charge in [-0.2, -0.15) is 0 Å². The molecule has 1 aliphatic heterocycles. The Kier molecular flexibility index (Phi) is 7.75. The number of rotatable bonds is 6. The molecule has 1 aliphatic rings. The molecule has 2 N–H and O–H groups in total. The van der Waals surface area contributed by atoms with Crippen LogP contribution in [0.25, 0.3) is 11.1 Å². The Hall–Kier alpha value is -2.74. The van der Waals surface area contributed by atoms with E-state index in [1.165, 1.54) is 24.0 Å². The summed E-state index contributed by atoms with van der Waals surface area (Å²) in [4.78, 5) is 16.2. The minimum Gasteiger partial charge on any atom is -0.465 e. The molecule has 0 radical (unpaired) electrons. The average Bonchev–Trinajstić information content (AvgIpc) is 3.16. The number of ether oxygens (including phenoxy) is 1. The van der Waals surface area contributed by atoms with Crippen molar-refractivity contribution in [3.05, 3.63) is 76.7 Å². The van der Waals surface area contributed by atoms with Crippen molar-refractivity contribution < 1.29 is 9.53 Å². The maximum absolute atomic E-state index is 12.7. The number of nitrogens with zero attached hydrogens (tertiary/aromatic N) is 1. The summed E-state index contributed by atoms with van der Waals surface area (Å²) in [6, 6.07) is 20.8. The van der Waals surface area contributed by atoms with Crippen molar-refractivity contribution in [3.63, 3.8) is 0 Å². The molecule has 1 fully saturated rings. The number of hydrogen-bond acceptors (Lipinski definition) is 5. The lowest BCUT2D eigenvalue weighted by molar-refractivity contribution is 0.0603. The maximum Gasteiger partial charge on any atom is 0.341 e. The fraction of sp³-hybridized carbons (Fsp3) is 0.308. The zero-order valence-electron chi connectivity index (χ0n) is 19.0. The van der Waals surface area contributed by atoms with Crippen molar-refractivity contribution in [2.24, 2.45) is 0 Å². The predicted molar refractivity (Wildman–Crippen MR) is 140 cm³/mol. The van der Waals surface area contributed by atoms with E-state index in [2.05, 4.69) is 45.9 Å². The van der Waals surface area contributed by atoms with Crippen LogP contribution < -0.4 is 10.6 Å². The Morgan fingerprint density at radius 1 is 1.09 bits per heavy atom. The van der Waals surface area contributed by atoms with Crippen molar-refractivity contribution >= 4 is 39.6 Å². The lowest BCUT2D eigenvalue weighted by Crippen LogP contribution is -2.45. The molecule has 3 aromatic rings. The second-order valence-electron chi connectivity index (χ2n) is 8.23. The summed E-state index contributed by atoms with van der Waals surface area (Å²) in [6.45, 7) is 5.05. The first-order valence-electron chi connectivity index (χ1n) is 11.2. The first-order chi connectivity index (χ1) is 16.0. The first kappa shape index (κ1) is 23.4. The molecule has 0 bridgehead atoms. The number of methoxy groups -OCH3 is 1. The highest BCUT2D eigenvalue weighted by atomic mass is 32.1. The van der Waals surface area contributed by atoms with Crippen LogP contribution in [0.4, 0.5) is 5.00 Å². The number of hydrogen-bond donors (Lipinski definition) is 2. The number of aryl methyl sites for hydroxylation is 1. The number of anilines is 1. The van der Waals surface area contributed by atoms with Crippen LogP contribution >= 0.6 is 23.6 Å². The molecule has 2 aromatic carbocycles. The van der Waals surface area contributed by atoms with Crippen LogP contribution in [-0.4, -0.2) is 42.2 Å². The second kappa shape index (κ2) is 10.9. The number of carbonyl (C=O) groups excluding carboxylic acids is 1. The van der Waals surface area contributed by atoms with Crippen molar-refractivity contribution in [2.45, 2.75) is 32.4 Å². The zero-order chi connectivity index (χ0) is 23.2. The lowest BCUT2D eigenvalue weighted by Gasteiger charge is -2.33. The maximum atomic E-state index is 12.7. The number of likely N-dealkylation sites (tertiary alicyclic amines) is 1. The van der Waals surface area contributed by atoms with E-state index in [4.69, 9.17) is 17.0 Å². The van der Waals surface area contributed by atoms with Gasteiger partial charge in [-0.3, -0.25) is 4.90 Å². The van der Waals surface area contributed by atoms with E-state index in [1.54, 1.807) is 0 Å². The van der Waals surface area contributed by atoms with Gasteiger partial charge in [0.2, 0.25) is 0 Å². The number of thiophene rings is 1. The van der Waals surface area contributed by atoms with Gasteiger partial charge < -0.3 is 15.4 Å². The van der Waals surface area contributed by atoms with Crippen molar-refractivity contribution in [1.82, 2.24) is 10.2 Å². The molecule has 0 amide bonds. The normalized spacial score (nSPS) is 14.6. The van der Waals surface area contributed by atoms with Gasteiger partial charge >= 0.3 is 5.97 Å². The van der Waals surface area contributed by atoms with Crippen LogP contribution in [0, 0.1) is 6.92 Å². The fourth-order valence-corrected chi connectivity index (χ4v) is 5.69. The number of esters is 1. The summed E-state index contributed by atoms with van der Waals surface area (Å²) in [5.41, 5.74) is 3.77. The standard InChI is InChI=1S/C26H29N3O2S2/c1-18-22(20-11-7-4-8-12-20)23(25(30)31-2)24(33-18)28-26(32)27-21-13-15-29(16-14-21)17-19-9-5-3-6-10-19/h3-12,21H,13-17H2,1-2H3,(H2,27,28,32). The van der Waals surface area contributed by atoms with Gasteiger partial charge in [-0.25, -0.2) is 4.79 Å². The van der Waals surface area contributed by atoms with E-state index >= 15 is 0 Å². The van der Waals surface area contributed by atoms with E-state index < -0.39 is 0 Å². The number of piperidine rings is 1. The van der Waals surface area contributed by atoms with Crippen LogP contribution in [0.3, 0.4) is 0 Å². The summed E-state index contributed by atoms with van der Waals surface area (Å²) in [5, 5.41) is 8.00. The Morgan fingerprint density at radius 2 is 1.73 bits per heavy atom. The average molecular weight is 480 g/mol. The molecule has 2 heterocycles. The highest BCUT2D eigenvalue weighted by molar-refractivity contribution is 7.80. The first-order valence-corrected chi connectivity index (χ1v) is 12.4. The molecule has 0 saturated carbocycles. The number of thiocarbonyl (C=S) groups is 1. The van der Waals surface area contributed by atoms with Crippen LogP contribution in [-0.2, 0) is 11.3 Å².